The summed E-state index contributed by atoms with van der Waals surface area (Å²) < 4.78 is 31.9. The molecular formula is C14H16ClNO5S. The maximum absolute atomic E-state index is 12.7. The van der Waals surface area contributed by atoms with Crippen molar-refractivity contribution in [1.82, 2.24) is 4.31 Å². The van der Waals surface area contributed by atoms with Crippen LogP contribution in [0.4, 0.5) is 0 Å². The molecule has 2 bridgehead atoms. The first-order valence-corrected chi connectivity index (χ1v) is 8.85. The lowest BCUT2D eigenvalue weighted by Crippen LogP contribution is -2.37. The van der Waals surface area contributed by atoms with E-state index in [2.05, 4.69) is 0 Å². The third kappa shape index (κ3) is 2.80. The van der Waals surface area contributed by atoms with Gasteiger partial charge in [-0.15, -0.1) is 0 Å². The minimum atomic E-state index is -3.56. The molecule has 0 spiro atoms. The van der Waals surface area contributed by atoms with Crippen LogP contribution in [0.1, 0.15) is 19.3 Å². The van der Waals surface area contributed by atoms with Gasteiger partial charge in [0.05, 0.1) is 9.92 Å². The number of nitrogens with zero attached hydrogens (tertiary/aromatic N) is 1. The largest absolute Gasteiger partial charge is 0.480 e. The quantitative estimate of drug-likeness (QED) is 0.882. The summed E-state index contributed by atoms with van der Waals surface area (Å²) in [5.41, 5.74) is 0. The summed E-state index contributed by atoms with van der Waals surface area (Å²) in [5.74, 6) is -0.500. The highest BCUT2D eigenvalue weighted by Crippen LogP contribution is 2.41. The normalized spacial score (nSPS) is 24.6. The standard InChI is InChI=1S/C14H16ClNO5S/c15-12-6-11(3-4-13(12)21-8-14(17)18)22(19,20)16-7-9-1-2-10(16)5-9/h3-4,6,9-10H,1-2,5,7-8H2,(H,17,18). The van der Waals surface area contributed by atoms with Crippen molar-refractivity contribution < 1.29 is 23.1 Å². The van der Waals surface area contributed by atoms with E-state index >= 15 is 0 Å². The molecule has 0 amide bonds. The zero-order chi connectivity index (χ0) is 15.9. The molecule has 120 valence electrons. The fourth-order valence-corrected chi connectivity index (χ4v) is 5.28. The second-order valence-electron chi connectivity index (χ2n) is 5.68. The van der Waals surface area contributed by atoms with E-state index in [0.717, 1.165) is 19.3 Å². The molecule has 0 aromatic heterocycles. The van der Waals surface area contributed by atoms with E-state index in [1.807, 2.05) is 0 Å². The molecule has 8 heteroatoms. The summed E-state index contributed by atoms with van der Waals surface area (Å²) in [6.07, 6.45) is 2.95. The van der Waals surface area contributed by atoms with Crippen molar-refractivity contribution in [1.29, 1.82) is 0 Å². The highest BCUT2D eigenvalue weighted by molar-refractivity contribution is 7.89. The van der Waals surface area contributed by atoms with Gasteiger partial charge in [-0.3, -0.25) is 0 Å². The first kappa shape index (κ1) is 15.6. The molecule has 2 unspecified atom stereocenters. The fourth-order valence-electron chi connectivity index (χ4n) is 3.21. The lowest BCUT2D eigenvalue weighted by Gasteiger charge is -2.26. The van der Waals surface area contributed by atoms with Gasteiger partial charge in [0.25, 0.3) is 0 Å². The van der Waals surface area contributed by atoms with E-state index in [9.17, 15) is 13.2 Å². The highest BCUT2D eigenvalue weighted by atomic mass is 35.5. The van der Waals surface area contributed by atoms with Crippen LogP contribution >= 0.6 is 11.6 Å². The zero-order valence-electron chi connectivity index (χ0n) is 11.7. The number of ether oxygens (including phenoxy) is 1. The molecule has 1 aromatic rings. The van der Waals surface area contributed by atoms with Crippen LogP contribution in [-0.2, 0) is 14.8 Å². The van der Waals surface area contributed by atoms with Crippen molar-refractivity contribution in [2.75, 3.05) is 13.2 Å². The van der Waals surface area contributed by atoms with Gasteiger partial charge in [0.15, 0.2) is 6.61 Å². The minimum Gasteiger partial charge on any atom is -0.480 e. The predicted octanol–water partition coefficient (Wildman–Crippen LogP) is 1.98. The van der Waals surface area contributed by atoms with Crippen molar-refractivity contribution in [3.05, 3.63) is 23.2 Å². The van der Waals surface area contributed by atoms with E-state index in [1.165, 1.54) is 18.2 Å². The van der Waals surface area contributed by atoms with Gasteiger partial charge in [-0.05, 0) is 43.4 Å². The second kappa shape index (κ2) is 5.72. The van der Waals surface area contributed by atoms with Crippen LogP contribution in [0.15, 0.2) is 23.1 Å². The van der Waals surface area contributed by atoms with Crippen LogP contribution in [0.5, 0.6) is 5.75 Å². The van der Waals surface area contributed by atoms with Gasteiger partial charge in [0, 0.05) is 12.6 Å². The topological polar surface area (TPSA) is 83.9 Å². The molecular weight excluding hydrogens is 330 g/mol. The molecule has 1 heterocycles. The number of hydrogen-bond donors (Lipinski definition) is 1. The summed E-state index contributed by atoms with van der Waals surface area (Å²) in [7, 11) is -3.56. The molecule has 1 aliphatic carbocycles. The van der Waals surface area contributed by atoms with Crippen LogP contribution in [-0.4, -0.2) is 43.0 Å². The average molecular weight is 346 g/mol. The number of carbonyl (C=O) groups is 1. The Morgan fingerprint density at radius 1 is 1.41 bits per heavy atom. The number of carboxylic acid groups (broad SMARTS) is 1. The van der Waals surface area contributed by atoms with Crippen molar-refractivity contribution >= 4 is 27.6 Å². The lowest BCUT2D eigenvalue weighted by molar-refractivity contribution is -0.139. The van der Waals surface area contributed by atoms with Gasteiger partial charge < -0.3 is 9.84 Å². The van der Waals surface area contributed by atoms with Crippen molar-refractivity contribution in [3.8, 4) is 5.75 Å². The van der Waals surface area contributed by atoms with Gasteiger partial charge in [0.2, 0.25) is 10.0 Å². The van der Waals surface area contributed by atoms with Crippen LogP contribution in [0, 0.1) is 5.92 Å². The number of aliphatic carboxylic acids is 1. The van der Waals surface area contributed by atoms with E-state index in [4.69, 9.17) is 21.4 Å². The van der Waals surface area contributed by atoms with E-state index < -0.39 is 22.6 Å². The minimum absolute atomic E-state index is 0.0895. The molecule has 1 aliphatic heterocycles. The van der Waals surface area contributed by atoms with Gasteiger partial charge >= 0.3 is 5.97 Å². The predicted molar refractivity (Wildman–Crippen MR) is 79.6 cm³/mol. The number of rotatable bonds is 5. The Morgan fingerprint density at radius 2 is 2.18 bits per heavy atom. The monoisotopic (exact) mass is 345 g/mol. The molecule has 1 aromatic carbocycles. The Bertz CT molecular complexity index is 705. The third-order valence-corrected chi connectivity index (χ3v) is 6.43. The van der Waals surface area contributed by atoms with Crippen molar-refractivity contribution in [2.24, 2.45) is 5.92 Å². The average Bonchev–Trinajstić information content (AvgIpc) is 3.08. The molecule has 2 atom stereocenters. The number of piperidine rings is 1. The SMILES string of the molecule is O=C(O)COc1ccc(S(=O)(=O)N2CC3CCC2C3)cc1Cl. The molecule has 1 saturated heterocycles. The zero-order valence-corrected chi connectivity index (χ0v) is 13.3. The van der Waals surface area contributed by atoms with Crippen molar-refractivity contribution in [3.63, 3.8) is 0 Å². The number of carboxylic acids is 1. The Balaban J connectivity index is 1.82. The fraction of sp³-hybridized carbons (Fsp3) is 0.500. The molecule has 1 N–H and O–H groups in total. The summed E-state index contributed by atoms with van der Waals surface area (Å²) >= 11 is 6.00. The van der Waals surface area contributed by atoms with Gasteiger partial charge in [0.1, 0.15) is 5.75 Å². The molecule has 0 radical (unpaired) electrons. The van der Waals surface area contributed by atoms with Gasteiger partial charge in [-0.2, -0.15) is 4.31 Å². The van der Waals surface area contributed by atoms with Crippen LogP contribution in [0.3, 0.4) is 0 Å². The lowest BCUT2D eigenvalue weighted by atomic mass is 10.1. The Labute approximate surface area is 133 Å². The molecule has 3 rings (SSSR count). The van der Waals surface area contributed by atoms with Crippen LogP contribution in [0.2, 0.25) is 5.02 Å². The summed E-state index contributed by atoms with van der Waals surface area (Å²) in [4.78, 5) is 10.6. The van der Waals surface area contributed by atoms with Crippen molar-refractivity contribution in [2.45, 2.75) is 30.2 Å². The number of benzene rings is 1. The summed E-state index contributed by atoms with van der Waals surface area (Å²) in [6.45, 7) is 0.0452. The number of fused-ring (bicyclic) bond motifs is 2. The molecule has 1 saturated carbocycles. The Hall–Kier alpha value is -1.31. The highest BCUT2D eigenvalue weighted by Gasteiger charge is 2.44. The maximum atomic E-state index is 12.7. The summed E-state index contributed by atoms with van der Waals surface area (Å²) in [6, 6.07) is 4.22. The Kier molecular flexibility index (Phi) is 4.05. The number of halogens is 1. The smallest absolute Gasteiger partial charge is 0.341 e. The molecule has 6 nitrogen and oxygen atoms in total. The first-order valence-electron chi connectivity index (χ1n) is 7.04. The van der Waals surface area contributed by atoms with Crippen LogP contribution in [0.25, 0.3) is 0 Å². The van der Waals surface area contributed by atoms with Gasteiger partial charge in [-0.1, -0.05) is 11.6 Å². The molecule has 22 heavy (non-hydrogen) atoms. The van der Waals surface area contributed by atoms with Gasteiger partial charge in [-0.25, -0.2) is 13.2 Å². The third-order valence-electron chi connectivity index (χ3n) is 4.22. The van der Waals surface area contributed by atoms with E-state index in [0.29, 0.717) is 12.5 Å². The molecule has 2 aliphatic rings. The number of hydrogen-bond acceptors (Lipinski definition) is 4. The second-order valence-corrected chi connectivity index (χ2v) is 7.98. The summed E-state index contributed by atoms with van der Waals surface area (Å²) in [5, 5.41) is 8.67. The maximum Gasteiger partial charge on any atom is 0.341 e. The molecule has 2 fully saturated rings. The number of sulfonamides is 1. The Morgan fingerprint density at radius 3 is 2.73 bits per heavy atom. The van der Waals surface area contributed by atoms with Crippen LogP contribution < -0.4 is 4.74 Å². The van der Waals surface area contributed by atoms with E-state index in [1.54, 1.807) is 4.31 Å². The van der Waals surface area contributed by atoms with E-state index in [-0.39, 0.29) is 21.7 Å². The first-order chi connectivity index (χ1) is 10.4.